The Kier molecular flexibility index (Phi) is 4.51. The van der Waals surface area contributed by atoms with Gasteiger partial charge in [-0.3, -0.25) is 0 Å². The molecule has 1 aliphatic heterocycles. The van der Waals surface area contributed by atoms with Crippen molar-refractivity contribution in [2.75, 3.05) is 6.54 Å². The maximum absolute atomic E-state index is 12.4. The van der Waals surface area contributed by atoms with Crippen LogP contribution in [0.5, 0.6) is 5.75 Å². The number of halogens is 3. The summed E-state index contributed by atoms with van der Waals surface area (Å²) in [7, 11) is 0. The molecule has 0 saturated heterocycles. The lowest BCUT2D eigenvalue weighted by Gasteiger charge is -2.20. The Morgan fingerprint density at radius 3 is 2.67 bits per heavy atom. The zero-order valence-electron chi connectivity index (χ0n) is 12.7. The highest BCUT2D eigenvalue weighted by atomic mass is 19.4. The smallest absolute Gasteiger partial charge is 0.389 e. The minimum atomic E-state index is -4.12. The molecule has 0 bridgehead atoms. The Balaban J connectivity index is 2.15. The minimum Gasteiger partial charge on any atom is -0.487 e. The van der Waals surface area contributed by atoms with Crippen molar-refractivity contribution in [2.45, 2.75) is 57.9 Å². The number of hydrogen-bond acceptors (Lipinski definition) is 2. The summed E-state index contributed by atoms with van der Waals surface area (Å²) in [5.74, 6) is 0.842. The van der Waals surface area contributed by atoms with Crippen LogP contribution in [0.4, 0.5) is 13.2 Å². The van der Waals surface area contributed by atoms with Gasteiger partial charge >= 0.3 is 6.18 Å². The van der Waals surface area contributed by atoms with Gasteiger partial charge in [-0.15, -0.1) is 0 Å². The molecule has 0 radical (unpaired) electrons. The van der Waals surface area contributed by atoms with E-state index in [9.17, 15) is 13.2 Å². The molecular weight excluding hydrogens is 279 g/mol. The van der Waals surface area contributed by atoms with Gasteiger partial charge in [0.1, 0.15) is 11.4 Å². The van der Waals surface area contributed by atoms with Gasteiger partial charge in [0.2, 0.25) is 0 Å². The van der Waals surface area contributed by atoms with Crippen LogP contribution in [0.25, 0.3) is 0 Å². The normalized spacial score (nSPS) is 18.2. The molecule has 0 aromatic heterocycles. The molecule has 2 nitrogen and oxygen atoms in total. The SMILES string of the molecule is CCNC(CCC(F)(F)F)c1ccc2c(c1)CC(C)(C)O2. The molecule has 1 unspecified atom stereocenters. The van der Waals surface area contributed by atoms with E-state index in [0.29, 0.717) is 6.54 Å². The third kappa shape index (κ3) is 4.37. The van der Waals surface area contributed by atoms with Crippen LogP contribution < -0.4 is 10.1 Å². The summed E-state index contributed by atoms with van der Waals surface area (Å²) >= 11 is 0. The molecule has 0 spiro atoms. The van der Waals surface area contributed by atoms with Crippen LogP contribution in [0.1, 0.15) is 50.8 Å². The highest BCUT2D eigenvalue weighted by molar-refractivity contribution is 5.42. The van der Waals surface area contributed by atoms with Crippen LogP contribution in [-0.2, 0) is 6.42 Å². The fourth-order valence-corrected chi connectivity index (χ4v) is 2.79. The zero-order valence-corrected chi connectivity index (χ0v) is 12.7. The van der Waals surface area contributed by atoms with Gasteiger partial charge < -0.3 is 10.1 Å². The molecule has 0 fully saturated rings. The number of hydrogen-bond donors (Lipinski definition) is 1. The highest BCUT2D eigenvalue weighted by Gasteiger charge is 2.32. The largest absolute Gasteiger partial charge is 0.487 e. The van der Waals surface area contributed by atoms with E-state index in [-0.39, 0.29) is 18.1 Å². The first-order valence-corrected chi connectivity index (χ1v) is 7.32. The minimum absolute atomic E-state index is 0.0559. The van der Waals surface area contributed by atoms with Crippen molar-refractivity contribution < 1.29 is 17.9 Å². The van der Waals surface area contributed by atoms with E-state index in [2.05, 4.69) is 5.32 Å². The number of ether oxygens (including phenoxy) is 1. The first kappa shape index (κ1) is 16.1. The Morgan fingerprint density at radius 1 is 1.33 bits per heavy atom. The second kappa shape index (κ2) is 5.87. The average Bonchev–Trinajstić information content (AvgIpc) is 2.66. The molecule has 21 heavy (non-hydrogen) atoms. The molecule has 1 heterocycles. The standard InChI is InChI=1S/C16H22F3NO/c1-4-20-13(7-8-16(17,18)19)11-5-6-14-12(9-11)10-15(2,3)21-14/h5-6,9,13,20H,4,7-8,10H2,1-3H3. The quantitative estimate of drug-likeness (QED) is 0.870. The summed E-state index contributed by atoms with van der Waals surface area (Å²) in [5, 5.41) is 3.14. The number of benzene rings is 1. The summed E-state index contributed by atoms with van der Waals surface area (Å²) in [6.07, 6.45) is -4.05. The third-order valence-corrected chi connectivity index (χ3v) is 3.66. The molecule has 1 aromatic rings. The average molecular weight is 301 g/mol. The summed E-state index contributed by atoms with van der Waals surface area (Å²) in [6, 6.07) is 5.44. The van der Waals surface area contributed by atoms with Gasteiger partial charge in [0.05, 0.1) is 0 Å². The van der Waals surface area contributed by atoms with E-state index in [1.54, 1.807) is 0 Å². The van der Waals surface area contributed by atoms with Crippen LogP contribution >= 0.6 is 0 Å². The van der Waals surface area contributed by atoms with E-state index in [1.165, 1.54) is 0 Å². The number of alkyl halides is 3. The molecule has 1 aromatic carbocycles. The molecule has 1 aliphatic rings. The van der Waals surface area contributed by atoms with Gasteiger partial charge in [-0.2, -0.15) is 13.2 Å². The predicted octanol–water partition coefficient (Wildman–Crippen LogP) is 4.39. The van der Waals surface area contributed by atoms with Gasteiger partial charge in [0, 0.05) is 18.9 Å². The molecule has 0 amide bonds. The van der Waals surface area contributed by atoms with E-state index >= 15 is 0 Å². The van der Waals surface area contributed by atoms with E-state index < -0.39 is 12.6 Å². The van der Waals surface area contributed by atoms with E-state index in [4.69, 9.17) is 4.74 Å². The predicted molar refractivity (Wildman–Crippen MR) is 76.6 cm³/mol. The van der Waals surface area contributed by atoms with Crippen molar-refractivity contribution in [3.63, 3.8) is 0 Å². The number of rotatable bonds is 5. The molecule has 1 N–H and O–H groups in total. The maximum atomic E-state index is 12.4. The number of nitrogens with one attached hydrogen (secondary N) is 1. The molecular formula is C16H22F3NO. The van der Waals surface area contributed by atoms with Gasteiger partial charge in [-0.05, 0) is 44.0 Å². The van der Waals surface area contributed by atoms with Gasteiger partial charge in [-0.1, -0.05) is 19.1 Å². The topological polar surface area (TPSA) is 21.3 Å². The summed E-state index contributed by atoms with van der Waals surface area (Å²) in [6.45, 7) is 6.57. The lowest BCUT2D eigenvalue weighted by atomic mass is 9.96. The molecule has 118 valence electrons. The fourth-order valence-electron chi connectivity index (χ4n) is 2.79. The molecule has 1 atom stereocenters. The Morgan fingerprint density at radius 2 is 2.05 bits per heavy atom. The van der Waals surface area contributed by atoms with Crippen molar-refractivity contribution in [1.29, 1.82) is 0 Å². The molecule has 2 rings (SSSR count). The van der Waals surface area contributed by atoms with Crippen LogP contribution in [-0.4, -0.2) is 18.3 Å². The third-order valence-electron chi connectivity index (χ3n) is 3.66. The second-order valence-corrected chi connectivity index (χ2v) is 6.17. The summed E-state index contributed by atoms with van der Waals surface area (Å²) in [4.78, 5) is 0. The van der Waals surface area contributed by atoms with Crippen molar-refractivity contribution in [3.8, 4) is 5.75 Å². The van der Waals surface area contributed by atoms with Gasteiger partial charge in [0.15, 0.2) is 0 Å². The van der Waals surface area contributed by atoms with Crippen molar-refractivity contribution in [1.82, 2.24) is 5.32 Å². The lowest BCUT2D eigenvalue weighted by Crippen LogP contribution is -2.24. The van der Waals surface area contributed by atoms with Crippen LogP contribution in [0.3, 0.4) is 0 Å². The second-order valence-electron chi connectivity index (χ2n) is 6.17. The summed E-state index contributed by atoms with van der Waals surface area (Å²) < 4.78 is 43.1. The monoisotopic (exact) mass is 301 g/mol. The first-order chi connectivity index (χ1) is 9.70. The maximum Gasteiger partial charge on any atom is 0.389 e. The molecule has 0 saturated carbocycles. The first-order valence-electron chi connectivity index (χ1n) is 7.32. The Bertz CT molecular complexity index is 497. The lowest BCUT2D eigenvalue weighted by molar-refractivity contribution is -0.136. The van der Waals surface area contributed by atoms with Crippen molar-refractivity contribution >= 4 is 0 Å². The van der Waals surface area contributed by atoms with Crippen LogP contribution in [0.2, 0.25) is 0 Å². The number of fused-ring (bicyclic) bond motifs is 1. The van der Waals surface area contributed by atoms with E-state index in [0.717, 1.165) is 23.3 Å². The highest BCUT2D eigenvalue weighted by Crippen LogP contribution is 2.37. The van der Waals surface area contributed by atoms with Crippen LogP contribution in [0.15, 0.2) is 18.2 Å². The zero-order chi connectivity index (χ0) is 15.7. The Hall–Kier alpha value is -1.23. The van der Waals surface area contributed by atoms with E-state index in [1.807, 2.05) is 39.0 Å². The Labute approximate surface area is 123 Å². The van der Waals surface area contributed by atoms with Crippen LogP contribution in [0, 0.1) is 0 Å². The van der Waals surface area contributed by atoms with Gasteiger partial charge in [0.25, 0.3) is 0 Å². The summed E-state index contributed by atoms with van der Waals surface area (Å²) in [5.41, 5.74) is 1.74. The van der Waals surface area contributed by atoms with Crippen molar-refractivity contribution in [2.24, 2.45) is 0 Å². The molecule has 5 heteroatoms. The fraction of sp³-hybridized carbons (Fsp3) is 0.625. The van der Waals surface area contributed by atoms with Gasteiger partial charge in [-0.25, -0.2) is 0 Å². The molecule has 0 aliphatic carbocycles. The van der Waals surface area contributed by atoms with Crippen molar-refractivity contribution in [3.05, 3.63) is 29.3 Å².